The molecule has 0 bridgehead atoms. The summed E-state index contributed by atoms with van der Waals surface area (Å²) < 4.78 is 69.3. The molecule has 3 aromatic rings. The van der Waals surface area contributed by atoms with Crippen LogP contribution in [-0.2, 0) is 16.2 Å². The number of rotatable bonds is 4. The Morgan fingerprint density at radius 1 is 1.24 bits per heavy atom. The minimum absolute atomic E-state index is 0.0653. The molecule has 1 unspecified atom stereocenters. The first-order valence-electron chi connectivity index (χ1n) is 10.4. The topological polar surface area (TPSA) is 96.8 Å². The molecule has 1 aromatic carbocycles. The Kier molecular flexibility index (Phi) is 5.87. The maximum atomic E-state index is 13.4. The standard InChI is InChI=1S/C21H25F3N6O2S/c1-13-6-7-15(33(31,32)29-8-4-5-14(11-29)28(2)3)9-16(13)17-10-26-20-19(25)27-18(12-30(17)20)21(22,23)24/h6-7,9-10,12,14H,4-5,8,11H2,1-3H3,(H2,25,27). The van der Waals surface area contributed by atoms with Crippen molar-refractivity contribution in [3.63, 3.8) is 0 Å². The Hall–Kier alpha value is -2.70. The van der Waals surface area contributed by atoms with Crippen LogP contribution in [-0.4, -0.2) is 65.2 Å². The fraction of sp³-hybridized carbons (Fsp3) is 0.429. The van der Waals surface area contributed by atoms with Crippen LogP contribution < -0.4 is 5.73 Å². The van der Waals surface area contributed by atoms with E-state index < -0.39 is 21.9 Å². The second-order valence-corrected chi connectivity index (χ2v) is 10.4. The Balaban J connectivity index is 1.80. The summed E-state index contributed by atoms with van der Waals surface area (Å²) in [5.74, 6) is -0.361. The summed E-state index contributed by atoms with van der Waals surface area (Å²) in [7, 11) is 0.0521. The molecule has 2 N–H and O–H groups in total. The number of imidazole rings is 1. The Labute approximate surface area is 189 Å². The zero-order valence-electron chi connectivity index (χ0n) is 18.5. The normalized spacial score (nSPS) is 18.3. The molecule has 0 amide bonds. The number of nitrogen functional groups attached to an aromatic ring is 1. The van der Waals surface area contributed by atoms with Gasteiger partial charge in [-0.3, -0.25) is 4.40 Å². The van der Waals surface area contributed by atoms with Crippen LogP contribution >= 0.6 is 0 Å². The van der Waals surface area contributed by atoms with Crippen LogP contribution in [0.5, 0.6) is 0 Å². The first kappa shape index (κ1) is 23.5. The molecule has 0 aliphatic carbocycles. The molecule has 3 heterocycles. The zero-order valence-corrected chi connectivity index (χ0v) is 19.3. The smallest absolute Gasteiger partial charge is 0.381 e. The van der Waals surface area contributed by atoms with Crippen molar-refractivity contribution >= 4 is 21.5 Å². The molecule has 12 heteroatoms. The van der Waals surface area contributed by atoms with Crippen LogP contribution in [0.4, 0.5) is 19.0 Å². The van der Waals surface area contributed by atoms with E-state index >= 15 is 0 Å². The molecule has 1 fully saturated rings. The van der Waals surface area contributed by atoms with Gasteiger partial charge in [0, 0.05) is 30.9 Å². The van der Waals surface area contributed by atoms with E-state index in [9.17, 15) is 21.6 Å². The quantitative estimate of drug-likeness (QED) is 0.614. The molecule has 8 nitrogen and oxygen atoms in total. The highest BCUT2D eigenvalue weighted by molar-refractivity contribution is 7.89. The van der Waals surface area contributed by atoms with Crippen molar-refractivity contribution in [1.82, 2.24) is 23.6 Å². The van der Waals surface area contributed by atoms with E-state index in [1.54, 1.807) is 13.0 Å². The van der Waals surface area contributed by atoms with Crippen LogP contribution in [0.25, 0.3) is 16.9 Å². The minimum Gasteiger partial charge on any atom is -0.381 e. The van der Waals surface area contributed by atoms with Crippen molar-refractivity contribution in [2.24, 2.45) is 0 Å². The van der Waals surface area contributed by atoms with E-state index in [1.165, 1.54) is 27.0 Å². The third-order valence-corrected chi connectivity index (χ3v) is 7.88. The Bertz CT molecular complexity index is 1300. The molecule has 1 saturated heterocycles. The van der Waals surface area contributed by atoms with Gasteiger partial charge < -0.3 is 10.6 Å². The molecule has 178 valence electrons. The number of sulfonamides is 1. The third-order valence-electron chi connectivity index (χ3n) is 6.02. The van der Waals surface area contributed by atoms with Crippen molar-refractivity contribution in [2.45, 2.75) is 36.9 Å². The SMILES string of the molecule is Cc1ccc(S(=O)(=O)N2CCCC(N(C)C)C2)cc1-c1cnc2c(N)nc(C(F)(F)F)cn12. The number of anilines is 1. The second-order valence-electron chi connectivity index (χ2n) is 8.45. The fourth-order valence-corrected chi connectivity index (χ4v) is 5.64. The number of nitrogens with two attached hydrogens (primary N) is 1. The second kappa shape index (κ2) is 8.26. The Morgan fingerprint density at radius 2 is 1.97 bits per heavy atom. The summed E-state index contributed by atoms with van der Waals surface area (Å²) in [5, 5.41) is 0. The summed E-state index contributed by atoms with van der Waals surface area (Å²) in [6.45, 7) is 2.55. The first-order chi connectivity index (χ1) is 15.4. The van der Waals surface area contributed by atoms with Crippen molar-refractivity contribution in [3.8, 4) is 11.3 Å². The third kappa shape index (κ3) is 4.30. The van der Waals surface area contributed by atoms with Crippen molar-refractivity contribution in [3.05, 3.63) is 41.9 Å². The largest absolute Gasteiger partial charge is 0.434 e. The summed E-state index contributed by atoms with van der Waals surface area (Å²) in [6, 6.07) is 4.77. The minimum atomic E-state index is -4.69. The van der Waals surface area contributed by atoms with Crippen molar-refractivity contribution in [1.29, 1.82) is 0 Å². The molecule has 2 aromatic heterocycles. The molecular weight excluding hydrogens is 457 g/mol. The number of hydrogen-bond donors (Lipinski definition) is 1. The van der Waals surface area contributed by atoms with Gasteiger partial charge in [-0.2, -0.15) is 17.5 Å². The van der Waals surface area contributed by atoms with Gasteiger partial charge in [0.25, 0.3) is 0 Å². The highest BCUT2D eigenvalue weighted by Gasteiger charge is 2.35. The van der Waals surface area contributed by atoms with Gasteiger partial charge in [0.1, 0.15) is 0 Å². The Morgan fingerprint density at radius 3 is 2.64 bits per heavy atom. The van der Waals surface area contributed by atoms with E-state index in [1.807, 2.05) is 19.0 Å². The molecule has 1 aliphatic heterocycles. The predicted octanol–water partition coefficient (Wildman–Crippen LogP) is 3.02. The van der Waals surface area contributed by atoms with Gasteiger partial charge in [0.05, 0.1) is 16.8 Å². The predicted molar refractivity (Wildman–Crippen MR) is 118 cm³/mol. The number of aryl methyl sites for hydroxylation is 1. The van der Waals surface area contributed by atoms with Crippen LogP contribution in [0.1, 0.15) is 24.1 Å². The van der Waals surface area contributed by atoms with Crippen LogP contribution in [0.3, 0.4) is 0 Å². The van der Waals surface area contributed by atoms with E-state index in [0.717, 1.165) is 19.0 Å². The maximum absolute atomic E-state index is 13.4. The number of benzene rings is 1. The molecule has 33 heavy (non-hydrogen) atoms. The lowest BCUT2D eigenvalue weighted by molar-refractivity contribution is -0.141. The first-order valence-corrected chi connectivity index (χ1v) is 11.8. The van der Waals surface area contributed by atoms with Crippen molar-refractivity contribution in [2.75, 3.05) is 32.9 Å². The van der Waals surface area contributed by atoms with Gasteiger partial charge >= 0.3 is 6.18 Å². The van der Waals surface area contributed by atoms with Gasteiger partial charge in [-0.15, -0.1) is 0 Å². The highest BCUT2D eigenvalue weighted by atomic mass is 32.2. The maximum Gasteiger partial charge on any atom is 0.434 e. The number of hydrogen-bond acceptors (Lipinski definition) is 6. The monoisotopic (exact) mass is 482 g/mol. The number of alkyl halides is 3. The van der Waals surface area contributed by atoms with Gasteiger partial charge in [0.2, 0.25) is 10.0 Å². The van der Waals surface area contributed by atoms with Crippen molar-refractivity contribution < 1.29 is 21.6 Å². The van der Waals surface area contributed by atoms with Crippen LogP contribution in [0, 0.1) is 6.92 Å². The summed E-state index contributed by atoms with van der Waals surface area (Å²) in [6.07, 6.45) is -0.838. The summed E-state index contributed by atoms with van der Waals surface area (Å²) in [4.78, 5) is 9.61. The molecule has 1 atom stereocenters. The zero-order chi connectivity index (χ0) is 24.1. The van der Waals surface area contributed by atoms with Gasteiger partial charge in [-0.25, -0.2) is 18.4 Å². The number of likely N-dealkylation sites (N-methyl/N-ethyl adjacent to an activating group) is 1. The lowest BCUT2D eigenvalue weighted by Crippen LogP contribution is -2.47. The summed E-state index contributed by atoms with van der Waals surface area (Å²) in [5.41, 5.74) is 6.05. The van der Waals surface area contributed by atoms with Gasteiger partial charge in [-0.1, -0.05) is 6.07 Å². The van der Waals surface area contributed by atoms with E-state index in [0.29, 0.717) is 29.9 Å². The van der Waals surface area contributed by atoms with Crippen LogP contribution in [0.15, 0.2) is 35.5 Å². The van der Waals surface area contributed by atoms with E-state index in [4.69, 9.17) is 5.73 Å². The number of aromatic nitrogens is 3. The highest BCUT2D eigenvalue weighted by Crippen LogP contribution is 2.33. The summed E-state index contributed by atoms with van der Waals surface area (Å²) >= 11 is 0. The van der Waals surface area contributed by atoms with E-state index in [2.05, 4.69) is 9.97 Å². The lowest BCUT2D eigenvalue weighted by atomic mass is 10.1. The van der Waals surface area contributed by atoms with Gasteiger partial charge in [-0.05, 0) is 51.6 Å². The number of piperidine rings is 1. The average Bonchev–Trinajstić information content (AvgIpc) is 3.18. The molecule has 1 aliphatic rings. The average molecular weight is 483 g/mol. The molecular formula is C21H25F3N6O2S. The molecule has 0 spiro atoms. The van der Waals surface area contributed by atoms with Gasteiger partial charge in [0.15, 0.2) is 17.2 Å². The van der Waals surface area contributed by atoms with Crippen LogP contribution in [0.2, 0.25) is 0 Å². The lowest BCUT2D eigenvalue weighted by Gasteiger charge is -2.35. The number of fused-ring (bicyclic) bond motifs is 1. The fourth-order valence-electron chi connectivity index (χ4n) is 4.10. The van der Waals surface area contributed by atoms with E-state index in [-0.39, 0.29) is 22.4 Å². The molecule has 4 rings (SSSR count). The molecule has 0 saturated carbocycles. The number of nitrogens with zero attached hydrogens (tertiary/aromatic N) is 5. The molecule has 0 radical (unpaired) electrons. The number of halogens is 3.